The SMILES string of the molecule is COc1cc(C(=O)N2CCN3CCC[C@H]3C2)cc(OC)c1OC. The summed E-state index contributed by atoms with van der Waals surface area (Å²) in [6.45, 7) is 3.69. The van der Waals surface area contributed by atoms with Gasteiger partial charge in [0.1, 0.15) is 0 Å². The minimum absolute atomic E-state index is 0.0239. The van der Waals surface area contributed by atoms with Crippen molar-refractivity contribution in [3.8, 4) is 17.2 Å². The van der Waals surface area contributed by atoms with Gasteiger partial charge in [0.15, 0.2) is 11.5 Å². The molecule has 0 N–H and O–H groups in total. The van der Waals surface area contributed by atoms with Crippen LogP contribution in [0.2, 0.25) is 0 Å². The van der Waals surface area contributed by atoms with Gasteiger partial charge in [0, 0.05) is 31.2 Å². The zero-order chi connectivity index (χ0) is 16.4. The highest BCUT2D eigenvalue weighted by Crippen LogP contribution is 2.38. The van der Waals surface area contributed by atoms with Crippen LogP contribution >= 0.6 is 0 Å². The second-order valence-corrected chi connectivity index (χ2v) is 6.00. The Hall–Kier alpha value is -1.95. The molecular formula is C17H24N2O4. The Morgan fingerprint density at radius 2 is 1.74 bits per heavy atom. The maximum atomic E-state index is 12.9. The molecule has 6 heteroatoms. The minimum atomic E-state index is 0.0239. The minimum Gasteiger partial charge on any atom is -0.493 e. The zero-order valence-electron chi connectivity index (χ0n) is 14.0. The summed E-state index contributed by atoms with van der Waals surface area (Å²) in [7, 11) is 4.67. The predicted molar refractivity (Wildman–Crippen MR) is 86.6 cm³/mol. The number of benzene rings is 1. The Balaban J connectivity index is 1.84. The van der Waals surface area contributed by atoms with Crippen molar-refractivity contribution in [3.63, 3.8) is 0 Å². The van der Waals surface area contributed by atoms with E-state index in [0.717, 1.165) is 26.2 Å². The first-order valence-corrected chi connectivity index (χ1v) is 8.01. The van der Waals surface area contributed by atoms with Crippen LogP contribution in [0, 0.1) is 0 Å². The van der Waals surface area contributed by atoms with Crippen LogP contribution in [0.1, 0.15) is 23.2 Å². The predicted octanol–water partition coefficient (Wildman–Crippen LogP) is 1.63. The summed E-state index contributed by atoms with van der Waals surface area (Å²) in [5, 5.41) is 0. The molecule has 2 aliphatic heterocycles. The van der Waals surface area contributed by atoms with Gasteiger partial charge in [-0.2, -0.15) is 0 Å². The number of fused-ring (bicyclic) bond motifs is 1. The lowest BCUT2D eigenvalue weighted by Gasteiger charge is -2.37. The van der Waals surface area contributed by atoms with Crippen molar-refractivity contribution >= 4 is 5.91 Å². The van der Waals surface area contributed by atoms with E-state index in [1.807, 2.05) is 4.90 Å². The maximum Gasteiger partial charge on any atom is 0.254 e. The first kappa shape index (κ1) is 15.9. The van der Waals surface area contributed by atoms with Crippen LogP contribution in [0.15, 0.2) is 12.1 Å². The summed E-state index contributed by atoms with van der Waals surface area (Å²) < 4.78 is 16.0. The van der Waals surface area contributed by atoms with Crippen molar-refractivity contribution in [2.75, 3.05) is 47.5 Å². The molecular weight excluding hydrogens is 296 g/mol. The smallest absolute Gasteiger partial charge is 0.254 e. The van der Waals surface area contributed by atoms with Crippen LogP contribution in [0.5, 0.6) is 17.2 Å². The first-order valence-electron chi connectivity index (χ1n) is 8.01. The number of piperazine rings is 1. The average Bonchev–Trinajstić information content (AvgIpc) is 3.07. The van der Waals surface area contributed by atoms with Crippen LogP contribution in [-0.2, 0) is 0 Å². The Bertz CT molecular complexity index is 565. The molecule has 2 saturated heterocycles. The van der Waals surface area contributed by atoms with E-state index in [1.165, 1.54) is 12.8 Å². The maximum absolute atomic E-state index is 12.9. The fraction of sp³-hybridized carbons (Fsp3) is 0.588. The topological polar surface area (TPSA) is 51.2 Å². The number of methoxy groups -OCH3 is 3. The number of carbonyl (C=O) groups excluding carboxylic acids is 1. The third-order valence-corrected chi connectivity index (χ3v) is 4.79. The van der Waals surface area contributed by atoms with Gasteiger partial charge in [-0.05, 0) is 31.5 Å². The summed E-state index contributed by atoms with van der Waals surface area (Å²) >= 11 is 0. The van der Waals surface area contributed by atoms with Crippen LogP contribution in [-0.4, -0.2) is 69.3 Å². The number of amides is 1. The largest absolute Gasteiger partial charge is 0.493 e. The third-order valence-electron chi connectivity index (χ3n) is 4.79. The van der Waals surface area contributed by atoms with Crippen molar-refractivity contribution in [3.05, 3.63) is 17.7 Å². The number of carbonyl (C=O) groups is 1. The molecule has 1 amide bonds. The fourth-order valence-corrected chi connectivity index (χ4v) is 3.56. The molecule has 126 valence electrons. The van der Waals surface area contributed by atoms with Crippen LogP contribution in [0.3, 0.4) is 0 Å². The highest BCUT2D eigenvalue weighted by molar-refractivity contribution is 5.95. The summed E-state index contributed by atoms with van der Waals surface area (Å²) in [4.78, 5) is 17.3. The van der Waals surface area contributed by atoms with Gasteiger partial charge in [0.05, 0.1) is 21.3 Å². The van der Waals surface area contributed by atoms with Gasteiger partial charge in [0.2, 0.25) is 5.75 Å². The van der Waals surface area contributed by atoms with Crippen molar-refractivity contribution in [2.45, 2.75) is 18.9 Å². The Morgan fingerprint density at radius 1 is 1.04 bits per heavy atom. The second-order valence-electron chi connectivity index (χ2n) is 6.00. The molecule has 0 bridgehead atoms. The number of hydrogen-bond acceptors (Lipinski definition) is 5. The number of hydrogen-bond donors (Lipinski definition) is 0. The normalized spacial score (nSPS) is 21.0. The lowest BCUT2D eigenvalue weighted by Crippen LogP contribution is -2.52. The van der Waals surface area contributed by atoms with E-state index in [4.69, 9.17) is 14.2 Å². The number of ether oxygens (including phenoxy) is 3. The molecule has 3 rings (SSSR count). The van der Waals surface area contributed by atoms with E-state index in [2.05, 4.69) is 4.90 Å². The van der Waals surface area contributed by atoms with E-state index in [-0.39, 0.29) is 5.91 Å². The summed E-state index contributed by atoms with van der Waals surface area (Å²) in [5.74, 6) is 1.55. The lowest BCUT2D eigenvalue weighted by molar-refractivity contribution is 0.0570. The number of nitrogens with zero attached hydrogens (tertiary/aromatic N) is 2. The molecule has 1 atom stereocenters. The van der Waals surface area contributed by atoms with Crippen LogP contribution in [0.4, 0.5) is 0 Å². The van der Waals surface area contributed by atoms with Crippen LogP contribution < -0.4 is 14.2 Å². The molecule has 6 nitrogen and oxygen atoms in total. The Kier molecular flexibility index (Phi) is 4.61. The van der Waals surface area contributed by atoms with E-state index in [9.17, 15) is 4.79 Å². The van der Waals surface area contributed by atoms with Gasteiger partial charge in [-0.3, -0.25) is 9.69 Å². The molecule has 0 unspecified atom stereocenters. The van der Waals surface area contributed by atoms with Crippen molar-refractivity contribution in [2.24, 2.45) is 0 Å². The molecule has 0 radical (unpaired) electrons. The summed E-state index contributed by atoms with van der Waals surface area (Å²) in [5.41, 5.74) is 0.575. The third kappa shape index (κ3) is 2.95. The van der Waals surface area contributed by atoms with Gasteiger partial charge in [-0.25, -0.2) is 0 Å². The van der Waals surface area contributed by atoms with Gasteiger partial charge < -0.3 is 19.1 Å². The summed E-state index contributed by atoms with van der Waals surface area (Å²) in [6.07, 6.45) is 2.41. The number of rotatable bonds is 4. The van der Waals surface area contributed by atoms with E-state index < -0.39 is 0 Å². The molecule has 2 aliphatic rings. The van der Waals surface area contributed by atoms with E-state index in [1.54, 1.807) is 33.5 Å². The van der Waals surface area contributed by atoms with Crippen molar-refractivity contribution in [1.29, 1.82) is 0 Å². The monoisotopic (exact) mass is 320 g/mol. The molecule has 0 saturated carbocycles. The van der Waals surface area contributed by atoms with Crippen molar-refractivity contribution < 1.29 is 19.0 Å². The molecule has 0 spiro atoms. The second kappa shape index (κ2) is 6.66. The van der Waals surface area contributed by atoms with Gasteiger partial charge in [-0.1, -0.05) is 0 Å². The van der Waals surface area contributed by atoms with Gasteiger partial charge in [-0.15, -0.1) is 0 Å². The summed E-state index contributed by atoms with van der Waals surface area (Å²) in [6, 6.07) is 3.96. The van der Waals surface area contributed by atoms with E-state index >= 15 is 0 Å². The standard InChI is InChI=1S/C17H24N2O4/c1-21-14-9-12(10-15(22-2)16(14)23-3)17(20)19-8-7-18-6-4-5-13(18)11-19/h9-10,13H,4-8,11H2,1-3H3/t13-/m0/s1. The highest BCUT2D eigenvalue weighted by atomic mass is 16.5. The zero-order valence-corrected chi connectivity index (χ0v) is 14.0. The Labute approximate surface area is 136 Å². The molecule has 0 aliphatic carbocycles. The molecule has 23 heavy (non-hydrogen) atoms. The average molecular weight is 320 g/mol. The first-order chi connectivity index (χ1) is 11.2. The van der Waals surface area contributed by atoms with Crippen LogP contribution in [0.25, 0.3) is 0 Å². The quantitative estimate of drug-likeness (QED) is 0.844. The molecule has 1 aromatic carbocycles. The lowest BCUT2D eigenvalue weighted by atomic mass is 10.1. The van der Waals surface area contributed by atoms with Gasteiger partial charge >= 0.3 is 0 Å². The Morgan fingerprint density at radius 3 is 2.35 bits per heavy atom. The van der Waals surface area contributed by atoms with Gasteiger partial charge in [0.25, 0.3) is 5.91 Å². The van der Waals surface area contributed by atoms with Crippen molar-refractivity contribution in [1.82, 2.24) is 9.80 Å². The molecule has 0 aromatic heterocycles. The molecule has 2 fully saturated rings. The van der Waals surface area contributed by atoms with E-state index in [0.29, 0.717) is 28.9 Å². The molecule has 1 aromatic rings. The highest BCUT2D eigenvalue weighted by Gasteiger charge is 2.33. The fourth-order valence-electron chi connectivity index (χ4n) is 3.56. The molecule has 2 heterocycles.